The van der Waals surface area contributed by atoms with Gasteiger partial charge < -0.3 is 5.32 Å². The Bertz CT molecular complexity index is 663. The van der Waals surface area contributed by atoms with Crippen LogP contribution >= 0.6 is 34.8 Å². The molecule has 2 aromatic rings. The molecule has 1 amide bonds. The van der Waals surface area contributed by atoms with Gasteiger partial charge in [0.25, 0.3) is 0 Å². The molecule has 0 unspecified atom stereocenters. The Morgan fingerprint density at radius 1 is 1.33 bits per heavy atom. The van der Waals surface area contributed by atoms with Crippen molar-refractivity contribution in [3.05, 3.63) is 56.5 Å². The number of aryl methyl sites for hydroxylation is 1. The third kappa shape index (κ3) is 3.84. The van der Waals surface area contributed by atoms with E-state index in [4.69, 9.17) is 34.8 Å². The van der Waals surface area contributed by atoms with Gasteiger partial charge in [-0.2, -0.15) is 0 Å². The average molecular weight is 348 g/mol. The van der Waals surface area contributed by atoms with E-state index in [2.05, 4.69) is 10.3 Å². The first-order valence-electron chi connectivity index (χ1n) is 5.94. The van der Waals surface area contributed by atoms with Crippen LogP contribution in [0.25, 0.3) is 0 Å². The number of hydrogen-bond donors (Lipinski definition) is 1. The van der Waals surface area contributed by atoms with Crippen molar-refractivity contribution in [3.63, 3.8) is 0 Å². The molecule has 1 N–H and O–H groups in total. The van der Waals surface area contributed by atoms with Crippen molar-refractivity contribution in [3.8, 4) is 0 Å². The summed E-state index contributed by atoms with van der Waals surface area (Å²) in [7, 11) is 0. The summed E-state index contributed by atoms with van der Waals surface area (Å²) < 4.78 is 13.6. The topological polar surface area (TPSA) is 42.0 Å². The number of amides is 1. The van der Waals surface area contributed by atoms with Crippen molar-refractivity contribution in [2.75, 3.05) is 5.32 Å². The monoisotopic (exact) mass is 346 g/mol. The lowest BCUT2D eigenvalue weighted by Gasteiger charge is -2.11. The molecule has 0 spiro atoms. The molecule has 1 heterocycles. The molecular formula is C14H10Cl3FN2O. The van der Waals surface area contributed by atoms with E-state index in [1.54, 1.807) is 13.0 Å². The average Bonchev–Trinajstić information content (AvgIpc) is 2.38. The number of rotatable bonds is 3. The quantitative estimate of drug-likeness (QED) is 0.820. The summed E-state index contributed by atoms with van der Waals surface area (Å²) >= 11 is 17.6. The molecule has 3 nitrogen and oxygen atoms in total. The Hall–Kier alpha value is -1.36. The summed E-state index contributed by atoms with van der Waals surface area (Å²) in [5.74, 6) is -0.981. The zero-order valence-corrected chi connectivity index (χ0v) is 13.2. The van der Waals surface area contributed by atoms with Crippen LogP contribution in [0.1, 0.15) is 11.1 Å². The minimum atomic E-state index is -0.533. The first kappa shape index (κ1) is 16.0. The van der Waals surface area contributed by atoms with Gasteiger partial charge >= 0.3 is 0 Å². The van der Waals surface area contributed by atoms with Crippen molar-refractivity contribution in [1.82, 2.24) is 4.98 Å². The molecule has 0 saturated carbocycles. The van der Waals surface area contributed by atoms with Crippen molar-refractivity contribution >= 4 is 46.4 Å². The highest BCUT2D eigenvalue weighted by Gasteiger charge is 2.15. The Balaban J connectivity index is 2.20. The van der Waals surface area contributed by atoms with Crippen LogP contribution in [0, 0.1) is 12.7 Å². The van der Waals surface area contributed by atoms with E-state index in [0.29, 0.717) is 11.3 Å². The number of anilines is 1. The van der Waals surface area contributed by atoms with Crippen LogP contribution in [0.4, 0.5) is 10.1 Å². The molecular weight excluding hydrogens is 338 g/mol. The molecule has 0 bridgehead atoms. The van der Waals surface area contributed by atoms with Crippen LogP contribution in [-0.4, -0.2) is 10.9 Å². The molecule has 110 valence electrons. The molecule has 0 fully saturated rings. The van der Waals surface area contributed by atoms with Gasteiger partial charge in [0.1, 0.15) is 11.0 Å². The number of nitrogens with one attached hydrogen (secondary N) is 1. The Morgan fingerprint density at radius 3 is 2.67 bits per heavy atom. The summed E-state index contributed by atoms with van der Waals surface area (Å²) in [6.07, 6.45) is -0.204. The molecule has 0 aliphatic carbocycles. The largest absolute Gasteiger partial charge is 0.323 e. The maximum absolute atomic E-state index is 13.6. The summed E-state index contributed by atoms with van der Waals surface area (Å²) in [5, 5.41) is 3.09. The summed E-state index contributed by atoms with van der Waals surface area (Å²) in [4.78, 5) is 15.9. The lowest BCUT2D eigenvalue weighted by molar-refractivity contribution is -0.115. The number of carbonyl (C=O) groups is 1. The van der Waals surface area contributed by atoms with Gasteiger partial charge in [-0.15, -0.1) is 0 Å². The molecule has 0 aliphatic heterocycles. The maximum atomic E-state index is 13.6. The van der Waals surface area contributed by atoms with Gasteiger partial charge in [0.05, 0.1) is 12.1 Å². The fourth-order valence-electron chi connectivity index (χ4n) is 1.79. The van der Waals surface area contributed by atoms with Crippen molar-refractivity contribution in [2.24, 2.45) is 0 Å². The van der Waals surface area contributed by atoms with Crippen LogP contribution in [0.2, 0.25) is 15.3 Å². The second-order valence-electron chi connectivity index (χ2n) is 4.35. The fraction of sp³-hybridized carbons (Fsp3) is 0.143. The van der Waals surface area contributed by atoms with Gasteiger partial charge in [0, 0.05) is 10.6 Å². The lowest BCUT2D eigenvalue weighted by atomic mass is 10.1. The van der Waals surface area contributed by atoms with Crippen molar-refractivity contribution in [2.45, 2.75) is 13.3 Å². The van der Waals surface area contributed by atoms with Crippen LogP contribution in [0.15, 0.2) is 24.3 Å². The van der Waals surface area contributed by atoms with E-state index in [0.717, 1.165) is 0 Å². The van der Waals surface area contributed by atoms with Gasteiger partial charge in [0.2, 0.25) is 5.91 Å². The second-order valence-corrected chi connectivity index (χ2v) is 5.51. The van der Waals surface area contributed by atoms with E-state index >= 15 is 0 Å². The van der Waals surface area contributed by atoms with Crippen molar-refractivity contribution < 1.29 is 9.18 Å². The van der Waals surface area contributed by atoms with Crippen LogP contribution in [-0.2, 0) is 11.2 Å². The van der Waals surface area contributed by atoms with Gasteiger partial charge in [-0.1, -0.05) is 40.9 Å². The lowest BCUT2D eigenvalue weighted by Crippen LogP contribution is -2.17. The molecule has 2 rings (SSSR count). The zero-order valence-electron chi connectivity index (χ0n) is 10.9. The van der Waals surface area contributed by atoms with Crippen molar-refractivity contribution in [1.29, 1.82) is 0 Å². The highest BCUT2D eigenvalue weighted by molar-refractivity contribution is 6.35. The molecule has 1 aromatic carbocycles. The van der Waals surface area contributed by atoms with Gasteiger partial charge in [-0.25, -0.2) is 9.37 Å². The number of carbonyl (C=O) groups excluding carboxylic acids is 1. The third-order valence-electron chi connectivity index (χ3n) is 2.80. The maximum Gasteiger partial charge on any atom is 0.229 e. The van der Waals surface area contributed by atoms with Crippen LogP contribution in [0.5, 0.6) is 0 Å². The molecule has 0 radical (unpaired) electrons. The number of pyridine rings is 1. The van der Waals surface area contributed by atoms with E-state index in [9.17, 15) is 9.18 Å². The highest BCUT2D eigenvalue weighted by atomic mass is 35.5. The van der Waals surface area contributed by atoms with Gasteiger partial charge in [0.15, 0.2) is 5.15 Å². The smallest absolute Gasteiger partial charge is 0.229 e. The Labute approximate surface area is 136 Å². The normalized spacial score (nSPS) is 10.5. The third-order valence-corrected chi connectivity index (χ3v) is 3.63. The van der Waals surface area contributed by atoms with Crippen LogP contribution < -0.4 is 5.32 Å². The standard InChI is InChI=1S/C14H10Cl3FN2O/c1-7-5-11(16)19-14(17)13(7)20-12(21)6-8-9(15)3-2-4-10(8)18/h2-5H,6H2,1H3,(H,20,21). The zero-order chi connectivity index (χ0) is 15.6. The molecule has 0 saturated heterocycles. The minimum absolute atomic E-state index is 0.0768. The first-order valence-corrected chi connectivity index (χ1v) is 7.07. The number of aromatic nitrogens is 1. The number of halogens is 4. The summed E-state index contributed by atoms with van der Waals surface area (Å²) in [6, 6.07) is 5.81. The predicted octanol–water partition coefficient (Wildman–Crippen LogP) is 4.67. The summed E-state index contributed by atoms with van der Waals surface area (Å²) in [6.45, 7) is 1.73. The van der Waals surface area contributed by atoms with Gasteiger partial charge in [-0.3, -0.25) is 4.79 Å². The number of nitrogens with zero attached hydrogens (tertiary/aromatic N) is 1. The highest BCUT2D eigenvalue weighted by Crippen LogP contribution is 2.27. The Kier molecular flexibility index (Phi) is 5.04. The molecule has 0 atom stereocenters. The summed E-state index contributed by atoms with van der Waals surface area (Å²) in [5.41, 5.74) is 1.14. The SMILES string of the molecule is Cc1cc(Cl)nc(Cl)c1NC(=O)Cc1c(F)cccc1Cl. The van der Waals surface area contributed by atoms with E-state index in [1.807, 2.05) is 0 Å². The number of hydrogen-bond acceptors (Lipinski definition) is 2. The number of benzene rings is 1. The predicted molar refractivity (Wildman–Crippen MR) is 82.7 cm³/mol. The molecule has 21 heavy (non-hydrogen) atoms. The minimum Gasteiger partial charge on any atom is -0.323 e. The first-order chi connectivity index (χ1) is 9.88. The molecule has 0 aliphatic rings. The molecule has 1 aromatic heterocycles. The van der Waals surface area contributed by atoms with Crippen LogP contribution in [0.3, 0.4) is 0 Å². The Morgan fingerprint density at radius 2 is 2.05 bits per heavy atom. The van der Waals surface area contributed by atoms with E-state index < -0.39 is 11.7 Å². The fourth-order valence-corrected chi connectivity index (χ4v) is 2.60. The van der Waals surface area contributed by atoms with Gasteiger partial charge in [-0.05, 0) is 30.7 Å². The second kappa shape index (κ2) is 6.60. The van der Waals surface area contributed by atoms with E-state index in [-0.39, 0.29) is 27.3 Å². The molecule has 7 heteroatoms. The van der Waals surface area contributed by atoms with E-state index in [1.165, 1.54) is 18.2 Å².